The maximum absolute atomic E-state index is 13.3. The van der Waals surface area contributed by atoms with Crippen molar-refractivity contribution in [1.29, 1.82) is 0 Å². The van der Waals surface area contributed by atoms with E-state index in [9.17, 15) is 14.4 Å². The van der Waals surface area contributed by atoms with Crippen LogP contribution in [0, 0.1) is 6.92 Å². The molecule has 0 radical (unpaired) electrons. The van der Waals surface area contributed by atoms with E-state index in [2.05, 4.69) is 5.32 Å². The third-order valence-corrected chi connectivity index (χ3v) is 5.98. The molecule has 0 spiro atoms. The van der Waals surface area contributed by atoms with Gasteiger partial charge in [0.15, 0.2) is 0 Å². The predicted molar refractivity (Wildman–Crippen MR) is 121 cm³/mol. The van der Waals surface area contributed by atoms with E-state index in [1.807, 2.05) is 50.2 Å². The Kier molecular flexibility index (Phi) is 5.37. The highest BCUT2D eigenvalue weighted by Crippen LogP contribution is 2.19. The number of amides is 1. The molecular weight excluding hydrogens is 398 g/mol. The van der Waals surface area contributed by atoms with Crippen molar-refractivity contribution < 1.29 is 4.79 Å². The average molecular weight is 420 g/mol. The van der Waals surface area contributed by atoms with Gasteiger partial charge in [-0.1, -0.05) is 43.3 Å². The number of para-hydroxylation sites is 2. The lowest BCUT2D eigenvalue weighted by molar-refractivity contribution is -0.116. The second-order valence-electron chi connectivity index (χ2n) is 6.99. The van der Waals surface area contributed by atoms with Gasteiger partial charge < -0.3 is 5.32 Å². The van der Waals surface area contributed by atoms with Crippen molar-refractivity contribution >= 4 is 33.1 Å². The number of nitrogens with one attached hydrogen (secondary N) is 1. The molecule has 0 aliphatic rings. The molecule has 1 N–H and O–H groups in total. The first-order chi connectivity index (χ1) is 14.5. The van der Waals surface area contributed by atoms with E-state index in [1.165, 1.54) is 15.9 Å². The molecule has 0 saturated heterocycles. The molecule has 4 aromatic rings. The second-order valence-corrected chi connectivity index (χ2v) is 7.91. The van der Waals surface area contributed by atoms with Gasteiger partial charge in [0, 0.05) is 5.69 Å². The third-order valence-electron chi connectivity index (χ3n) is 5.09. The maximum atomic E-state index is 13.3. The fourth-order valence-electron chi connectivity index (χ4n) is 3.55. The number of nitrogens with zero attached hydrogens (tertiary/aromatic N) is 2. The third kappa shape index (κ3) is 3.48. The van der Waals surface area contributed by atoms with Crippen molar-refractivity contribution in [1.82, 2.24) is 9.13 Å². The van der Waals surface area contributed by atoms with E-state index in [1.54, 1.807) is 23.6 Å². The standard InChI is InChI=1S/C23H21N3O3S/c1-3-16-9-5-6-10-17(16)24-20(27)14-25-19-12-13-30-21(19)22(28)26(23(25)29)18-11-7-4-8-15(18)2/h4-13H,3,14H2,1-2H3,(H,24,27). The van der Waals surface area contributed by atoms with Crippen LogP contribution in [-0.4, -0.2) is 15.0 Å². The van der Waals surface area contributed by atoms with Gasteiger partial charge in [-0.3, -0.25) is 14.2 Å². The van der Waals surface area contributed by atoms with E-state index in [0.29, 0.717) is 15.9 Å². The largest absolute Gasteiger partial charge is 0.336 e. The van der Waals surface area contributed by atoms with Crippen molar-refractivity contribution in [2.45, 2.75) is 26.8 Å². The highest BCUT2D eigenvalue weighted by molar-refractivity contribution is 7.17. The first-order valence-electron chi connectivity index (χ1n) is 9.68. The minimum Gasteiger partial charge on any atom is -0.324 e. The Balaban J connectivity index is 1.81. The molecule has 0 aliphatic carbocycles. The molecule has 4 rings (SSSR count). The Morgan fingerprint density at radius 1 is 1.03 bits per heavy atom. The summed E-state index contributed by atoms with van der Waals surface area (Å²) < 4.78 is 2.96. The van der Waals surface area contributed by atoms with Crippen molar-refractivity contribution in [3.8, 4) is 5.69 Å². The van der Waals surface area contributed by atoms with Gasteiger partial charge in [-0.05, 0) is 48.1 Å². The first-order valence-corrected chi connectivity index (χ1v) is 10.6. The molecule has 7 heteroatoms. The molecular formula is C23H21N3O3S. The average Bonchev–Trinajstić information content (AvgIpc) is 3.23. The molecule has 0 fully saturated rings. The molecule has 0 unspecified atom stereocenters. The first kappa shape index (κ1) is 19.8. The van der Waals surface area contributed by atoms with Gasteiger partial charge in [-0.15, -0.1) is 11.3 Å². The number of anilines is 1. The van der Waals surface area contributed by atoms with E-state index >= 15 is 0 Å². The van der Waals surface area contributed by atoms with Crippen LogP contribution >= 0.6 is 11.3 Å². The van der Waals surface area contributed by atoms with Crippen LogP contribution in [0.3, 0.4) is 0 Å². The number of carbonyl (C=O) groups is 1. The van der Waals surface area contributed by atoms with Crippen LogP contribution in [0.15, 0.2) is 69.6 Å². The number of rotatable bonds is 5. The molecule has 1 amide bonds. The predicted octanol–water partition coefficient (Wildman–Crippen LogP) is 3.72. The van der Waals surface area contributed by atoms with E-state index in [4.69, 9.17) is 0 Å². The zero-order valence-corrected chi connectivity index (χ0v) is 17.5. The monoisotopic (exact) mass is 419 g/mol. The Morgan fingerprint density at radius 3 is 2.53 bits per heavy atom. The molecule has 2 aromatic carbocycles. The van der Waals surface area contributed by atoms with Crippen molar-refractivity contribution in [2.75, 3.05) is 5.32 Å². The molecule has 6 nitrogen and oxygen atoms in total. The number of thiophene rings is 1. The summed E-state index contributed by atoms with van der Waals surface area (Å²) in [4.78, 5) is 39.2. The van der Waals surface area contributed by atoms with E-state index in [-0.39, 0.29) is 18.0 Å². The summed E-state index contributed by atoms with van der Waals surface area (Å²) in [5, 5.41) is 4.66. The second kappa shape index (κ2) is 8.12. The van der Waals surface area contributed by atoms with Gasteiger partial charge in [0.1, 0.15) is 11.2 Å². The number of hydrogen-bond acceptors (Lipinski definition) is 4. The summed E-state index contributed by atoms with van der Waals surface area (Å²) >= 11 is 1.26. The molecule has 0 aliphatic heterocycles. The molecule has 30 heavy (non-hydrogen) atoms. The molecule has 2 aromatic heterocycles. The summed E-state index contributed by atoms with van der Waals surface area (Å²) in [6, 6.07) is 16.5. The Bertz CT molecular complexity index is 1360. The van der Waals surface area contributed by atoms with Crippen molar-refractivity contribution in [3.05, 3.63) is 91.9 Å². The quantitative estimate of drug-likeness (QED) is 0.536. The molecule has 152 valence electrons. The summed E-state index contributed by atoms with van der Waals surface area (Å²) in [5.74, 6) is -0.319. The number of aromatic nitrogens is 2. The number of fused-ring (bicyclic) bond motifs is 1. The van der Waals surface area contributed by atoms with E-state index in [0.717, 1.165) is 27.8 Å². The minimum absolute atomic E-state index is 0.184. The van der Waals surface area contributed by atoms with Gasteiger partial charge in [0.05, 0.1) is 11.2 Å². The van der Waals surface area contributed by atoms with Gasteiger partial charge in [0.2, 0.25) is 5.91 Å². The zero-order valence-electron chi connectivity index (χ0n) is 16.7. The fourth-order valence-corrected chi connectivity index (χ4v) is 4.37. The summed E-state index contributed by atoms with van der Waals surface area (Å²) in [5.41, 5.74) is 2.65. The molecule has 0 bridgehead atoms. The van der Waals surface area contributed by atoms with Crippen LogP contribution in [-0.2, 0) is 17.8 Å². The lowest BCUT2D eigenvalue weighted by Gasteiger charge is -2.14. The Morgan fingerprint density at radius 2 is 1.77 bits per heavy atom. The number of benzene rings is 2. The Labute approximate surface area is 177 Å². The van der Waals surface area contributed by atoms with Gasteiger partial charge >= 0.3 is 5.69 Å². The minimum atomic E-state index is -0.529. The highest BCUT2D eigenvalue weighted by atomic mass is 32.1. The van der Waals surface area contributed by atoms with Gasteiger partial charge in [0.25, 0.3) is 5.56 Å². The van der Waals surface area contributed by atoms with Crippen LogP contribution in [0.1, 0.15) is 18.1 Å². The normalized spacial score (nSPS) is 11.0. The number of aryl methyl sites for hydroxylation is 2. The fraction of sp³-hybridized carbons (Fsp3) is 0.174. The summed E-state index contributed by atoms with van der Waals surface area (Å²) in [6.07, 6.45) is 0.781. The lowest BCUT2D eigenvalue weighted by Crippen LogP contribution is -2.40. The van der Waals surface area contributed by atoms with Crippen LogP contribution in [0.5, 0.6) is 0 Å². The summed E-state index contributed by atoms with van der Waals surface area (Å²) in [6.45, 7) is 3.68. The Hall–Kier alpha value is -3.45. The maximum Gasteiger partial charge on any atom is 0.336 e. The highest BCUT2D eigenvalue weighted by Gasteiger charge is 2.18. The van der Waals surface area contributed by atoms with Gasteiger partial charge in [-0.25, -0.2) is 9.36 Å². The summed E-state index contributed by atoms with van der Waals surface area (Å²) in [7, 11) is 0. The van der Waals surface area contributed by atoms with Crippen LogP contribution < -0.4 is 16.6 Å². The molecule has 0 atom stereocenters. The molecule has 0 saturated carbocycles. The van der Waals surface area contributed by atoms with Crippen molar-refractivity contribution in [3.63, 3.8) is 0 Å². The zero-order chi connectivity index (χ0) is 21.3. The SMILES string of the molecule is CCc1ccccc1NC(=O)Cn1c(=O)n(-c2ccccc2C)c(=O)c2sccc21. The number of hydrogen-bond donors (Lipinski definition) is 1. The smallest absolute Gasteiger partial charge is 0.324 e. The van der Waals surface area contributed by atoms with Crippen LogP contribution in [0.4, 0.5) is 5.69 Å². The van der Waals surface area contributed by atoms with E-state index < -0.39 is 5.69 Å². The van der Waals surface area contributed by atoms with Gasteiger partial charge in [-0.2, -0.15) is 0 Å². The lowest BCUT2D eigenvalue weighted by atomic mass is 10.1. The van der Waals surface area contributed by atoms with Crippen LogP contribution in [0.2, 0.25) is 0 Å². The topological polar surface area (TPSA) is 73.1 Å². The van der Waals surface area contributed by atoms with Crippen LogP contribution in [0.25, 0.3) is 15.9 Å². The van der Waals surface area contributed by atoms with Crippen molar-refractivity contribution in [2.24, 2.45) is 0 Å². The number of carbonyl (C=O) groups excluding carboxylic acids is 1. The molecule has 2 heterocycles.